The van der Waals surface area contributed by atoms with Crippen molar-refractivity contribution in [3.05, 3.63) is 59.4 Å². The molecule has 0 atom stereocenters. The van der Waals surface area contributed by atoms with Crippen molar-refractivity contribution in [3.8, 4) is 11.5 Å². The van der Waals surface area contributed by atoms with Gasteiger partial charge in [-0.2, -0.15) is 4.98 Å². The van der Waals surface area contributed by atoms with Crippen LogP contribution in [-0.2, 0) is 5.75 Å². The molecule has 0 saturated heterocycles. The summed E-state index contributed by atoms with van der Waals surface area (Å²) < 4.78 is 5.26. The van der Waals surface area contributed by atoms with Gasteiger partial charge in [0.05, 0.1) is 11.3 Å². The van der Waals surface area contributed by atoms with E-state index in [1.807, 2.05) is 42.5 Å². The molecule has 6 heteroatoms. The first kappa shape index (κ1) is 14.0. The van der Waals surface area contributed by atoms with Gasteiger partial charge in [-0.1, -0.05) is 35.0 Å². The Bertz CT molecular complexity index is 760. The molecule has 2 aromatic carbocycles. The molecule has 0 bridgehead atoms. The molecule has 0 aliphatic rings. The van der Waals surface area contributed by atoms with E-state index in [1.54, 1.807) is 17.8 Å². The molecule has 0 radical (unpaired) electrons. The minimum atomic E-state index is 0.440. The van der Waals surface area contributed by atoms with Crippen LogP contribution in [0, 0.1) is 0 Å². The SMILES string of the molecule is Nc1ccccc1-c1nc(CSc2cccc(Cl)c2)no1. The van der Waals surface area contributed by atoms with Crippen LogP contribution in [-0.4, -0.2) is 10.1 Å². The van der Waals surface area contributed by atoms with Crippen molar-refractivity contribution in [3.63, 3.8) is 0 Å². The van der Waals surface area contributed by atoms with Crippen LogP contribution >= 0.6 is 23.4 Å². The van der Waals surface area contributed by atoms with E-state index in [9.17, 15) is 0 Å². The van der Waals surface area contributed by atoms with Crippen LogP contribution in [0.5, 0.6) is 0 Å². The Balaban J connectivity index is 1.72. The lowest BCUT2D eigenvalue weighted by Crippen LogP contribution is -1.89. The molecule has 3 aromatic rings. The number of rotatable bonds is 4. The van der Waals surface area contributed by atoms with E-state index < -0.39 is 0 Å². The van der Waals surface area contributed by atoms with Gasteiger partial charge in [0.1, 0.15) is 0 Å². The molecule has 0 unspecified atom stereocenters. The second-order valence-corrected chi connectivity index (χ2v) is 5.83. The van der Waals surface area contributed by atoms with E-state index in [-0.39, 0.29) is 0 Å². The summed E-state index contributed by atoms with van der Waals surface area (Å²) in [6.07, 6.45) is 0. The summed E-state index contributed by atoms with van der Waals surface area (Å²) >= 11 is 7.55. The maximum atomic E-state index is 5.95. The molecule has 4 nitrogen and oxygen atoms in total. The number of hydrogen-bond acceptors (Lipinski definition) is 5. The Labute approximate surface area is 131 Å². The smallest absolute Gasteiger partial charge is 0.260 e. The summed E-state index contributed by atoms with van der Waals surface area (Å²) in [7, 11) is 0. The van der Waals surface area contributed by atoms with Crippen molar-refractivity contribution in [1.29, 1.82) is 0 Å². The fourth-order valence-electron chi connectivity index (χ4n) is 1.82. The van der Waals surface area contributed by atoms with Crippen LogP contribution in [0.15, 0.2) is 57.9 Å². The van der Waals surface area contributed by atoms with Gasteiger partial charge in [0.15, 0.2) is 5.82 Å². The molecule has 1 aromatic heterocycles. The van der Waals surface area contributed by atoms with E-state index in [2.05, 4.69) is 10.1 Å². The maximum Gasteiger partial charge on any atom is 0.260 e. The molecule has 0 saturated carbocycles. The highest BCUT2D eigenvalue weighted by atomic mass is 35.5. The Hall–Kier alpha value is -1.98. The Kier molecular flexibility index (Phi) is 4.13. The summed E-state index contributed by atoms with van der Waals surface area (Å²) in [6, 6.07) is 15.1. The average Bonchev–Trinajstić information content (AvgIpc) is 2.94. The van der Waals surface area contributed by atoms with Crippen LogP contribution in [0.1, 0.15) is 5.82 Å². The Morgan fingerprint density at radius 2 is 2.00 bits per heavy atom. The van der Waals surface area contributed by atoms with E-state index >= 15 is 0 Å². The number of aromatic nitrogens is 2. The first-order valence-electron chi connectivity index (χ1n) is 6.28. The van der Waals surface area contributed by atoms with Crippen LogP contribution < -0.4 is 5.73 Å². The fourth-order valence-corrected chi connectivity index (χ4v) is 2.87. The number of benzene rings is 2. The van der Waals surface area contributed by atoms with Gasteiger partial charge in [-0.25, -0.2) is 0 Å². The van der Waals surface area contributed by atoms with Gasteiger partial charge >= 0.3 is 0 Å². The van der Waals surface area contributed by atoms with Gasteiger partial charge in [-0.05, 0) is 30.3 Å². The summed E-state index contributed by atoms with van der Waals surface area (Å²) in [5, 5.41) is 4.69. The van der Waals surface area contributed by atoms with E-state index in [4.69, 9.17) is 21.9 Å². The molecule has 0 amide bonds. The number of nitrogens with two attached hydrogens (primary N) is 1. The molecular weight excluding hydrogens is 306 g/mol. The predicted molar refractivity (Wildman–Crippen MR) is 85.2 cm³/mol. The quantitative estimate of drug-likeness (QED) is 0.575. The highest BCUT2D eigenvalue weighted by Crippen LogP contribution is 2.27. The number of hydrogen-bond donors (Lipinski definition) is 1. The Morgan fingerprint density at radius 3 is 2.81 bits per heavy atom. The Morgan fingerprint density at radius 1 is 1.14 bits per heavy atom. The van der Waals surface area contributed by atoms with Gasteiger partial charge in [-0.3, -0.25) is 0 Å². The zero-order valence-corrected chi connectivity index (χ0v) is 12.6. The number of para-hydroxylation sites is 1. The zero-order chi connectivity index (χ0) is 14.7. The van der Waals surface area contributed by atoms with Gasteiger partial charge in [0.25, 0.3) is 5.89 Å². The van der Waals surface area contributed by atoms with Crippen LogP contribution in [0.4, 0.5) is 5.69 Å². The molecule has 106 valence electrons. The number of halogens is 1. The summed E-state index contributed by atoms with van der Waals surface area (Å²) in [5.41, 5.74) is 7.27. The van der Waals surface area contributed by atoms with Crippen molar-refractivity contribution in [1.82, 2.24) is 10.1 Å². The van der Waals surface area contributed by atoms with Crippen molar-refractivity contribution >= 4 is 29.1 Å². The van der Waals surface area contributed by atoms with Crippen molar-refractivity contribution in [2.75, 3.05) is 5.73 Å². The molecule has 1 heterocycles. The number of nitrogen functional groups attached to an aromatic ring is 1. The lowest BCUT2D eigenvalue weighted by molar-refractivity contribution is 0.425. The summed E-state index contributed by atoms with van der Waals surface area (Å²) in [5.74, 6) is 1.67. The third-order valence-corrected chi connectivity index (χ3v) is 4.05. The molecule has 21 heavy (non-hydrogen) atoms. The first-order valence-corrected chi connectivity index (χ1v) is 7.64. The predicted octanol–water partition coefficient (Wildman–Crippen LogP) is 4.26. The topological polar surface area (TPSA) is 64.9 Å². The third-order valence-electron chi connectivity index (χ3n) is 2.82. The van der Waals surface area contributed by atoms with Gasteiger partial charge in [0.2, 0.25) is 0 Å². The highest BCUT2D eigenvalue weighted by Gasteiger charge is 2.11. The molecule has 0 aliphatic heterocycles. The normalized spacial score (nSPS) is 10.7. The largest absolute Gasteiger partial charge is 0.398 e. The highest BCUT2D eigenvalue weighted by molar-refractivity contribution is 7.98. The van der Waals surface area contributed by atoms with E-state index in [1.165, 1.54) is 0 Å². The monoisotopic (exact) mass is 317 g/mol. The average molecular weight is 318 g/mol. The van der Waals surface area contributed by atoms with Crippen LogP contribution in [0.3, 0.4) is 0 Å². The van der Waals surface area contributed by atoms with Crippen LogP contribution in [0.2, 0.25) is 5.02 Å². The standard InChI is InChI=1S/C15H12ClN3OS/c16-10-4-3-5-11(8-10)21-9-14-18-15(20-19-14)12-6-1-2-7-13(12)17/h1-8H,9,17H2. The van der Waals surface area contributed by atoms with E-state index in [0.29, 0.717) is 28.2 Å². The molecular formula is C15H12ClN3OS. The van der Waals surface area contributed by atoms with Crippen molar-refractivity contribution in [2.24, 2.45) is 0 Å². The van der Waals surface area contributed by atoms with E-state index in [0.717, 1.165) is 10.5 Å². The molecule has 0 fully saturated rings. The van der Waals surface area contributed by atoms with Crippen LogP contribution in [0.25, 0.3) is 11.5 Å². The van der Waals surface area contributed by atoms with Gasteiger partial charge < -0.3 is 10.3 Å². The van der Waals surface area contributed by atoms with Crippen molar-refractivity contribution < 1.29 is 4.52 Å². The first-order chi connectivity index (χ1) is 10.2. The molecule has 3 rings (SSSR count). The molecule has 0 aliphatic carbocycles. The second kappa shape index (κ2) is 6.20. The number of nitrogens with zero attached hydrogens (tertiary/aromatic N) is 2. The number of thioether (sulfide) groups is 1. The lowest BCUT2D eigenvalue weighted by atomic mass is 10.2. The van der Waals surface area contributed by atoms with Gasteiger partial charge in [0, 0.05) is 15.6 Å². The maximum absolute atomic E-state index is 5.95. The summed E-state index contributed by atoms with van der Waals surface area (Å²) in [6.45, 7) is 0. The second-order valence-electron chi connectivity index (χ2n) is 4.35. The number of anilines is 1. The summed E-state index contributed by atoms with van der Waals surface area (Å²) in [4.78, 5) is 5.43. The third kappa shape index (κ3) is 3.37. The minimum absolute atomic E-state index is 0.440. The molecule has 0 spiro atoms. The minimum Gasteiger partial charge on any atom is -0.398 e. The van der Waals surface area contributed by atoms with Gasteiger partial charge in [-0.15, -0.1) is 11.8 Å². The molecule has 2 N–H and O–H groups in total. The van der Waals surface area contributed by atoms with Crippen molar-refractivity contribution in [2.45, 2.75) is 10.6 Å². The zero-order valence-electron chi connectivity index (χ0n) is 11.0. The fraction of sp³-hybridized carbons (Fsp3) is 0.0667. The lowest BCUT2D eigenvalue weighted by Gasteiger charge is -1.99.